The van der Waals surface area contributed by atoms with E-state index in [1.165, 1.54) is 0 Å². The average Bonchev–Trinajstić information content (AvgIpc) is 2.71. The molecule has 0 aromatic carbocycles. The van der Waals surface area contributed by atoms with E-state index in [0.717, 1.165) is 6.26 Å². The van der Waals surface area contributed by atoms with Crippen LogP contribution in [0.5, 0.6) is 0 Å². The largest absolute Gasteiger partial charge is 0.423 e. The van der Waals surface area contributed by atoms with Crippen LogP contribution in [0.25, 0.3) is 0 Å². The lowest BCUT2D eigenvalue weighted by molar-refractivity contribution is -0.121. The SMILES string of the molecule is Cc1nnc(C(CC(C)C)NC(=O)CCS(C)(=O)=O)o1. The fourth-order valence-corrected chi connectivity index (χ4v) is 2.25. The van der Waals surface area contributed by atoms with Crippen LogP contribution in [0.2, 0.25) is 0 Å². The summed E-state index contributed by atoms with van der Waals surface area (Å²) < 4.78 is 27.4. The van der Waals surface area contributed by atoms with Crippen LogP contribution in [0.3, 0.4) is 0 Å². The van der Waals surface area contributed by atoms with Gasteiger partial charge in [-0.05, 0) is 12.3 Å². The van der Waals surface area contributed by atoms with Crippen molar-refractivity contribution in [2.45, 2.75) is 39.7 Å². The minimum absolute atomic E-state index is 0.0689. The van der Waals surface area contributed by atoms with E-state index in [2.05, 4.69) is 15.5 Å². The summed E-state index contributed by atoms with van der Waals surface area (Å²) in [6.07, 6.45) is 1.68. The van der Waals surface area contributed by atoms with E-state index < -0.39 is 9.84 Å². The Labute approximate surface area is 119 Å². The van der Waals surface area contributed by atoms with Gasteiger partial charge in [-0.3, -0.25) is 4.79 Å². The van der Waals surface area contributed by atoms with E-state index in [4.69, 9.17) is 4.42 Å². The molecule has 20 heavy (non-hydrogen) atoms. The highest BCUT2D eigenvalue weighted by Gasteiger charge is 2.22. The molecule has 0 aliphatic heterocycles. The standard InChI is InChI=1S/C12H21N3O4S/c1-8(2)7-10(12-15-14-9(3)19-12)13-11(16)5-6-20(4,17)18/h8,10H,5-7H2,1-4H3,(H,13,16). The molecule has 1 unspecified atom stereocenters. The summed E-state index contributed by atoms with van der Waals surface area (Å²) in [4.78, 5) is 11.8. The van der Waals surface area contributed by atoms with E-state index in [0.29, 0.717) is 24.1 Å². The molecular formula is C12H21N3O4S. The Morgan fingerprint density at radius 3 is 2.45 bits per heavy atom. The van der Waals surface area contributed by atoms with Gasteiger partial charge in [0.05, 0.1) is 5.75 Å². The maximum absolute atomic E-state index is 11.8. The second-order valence-electron chi connectivity index (χ2n) is 5.29. The van der Waals surface area contributed by atoms with Gasteiger partial charge in [-0.2, -0.15) is 0 Å². The normalized spacial score (nSPS) is 13.4. The quantitative estimate of drug-likeness (QED) is 0.806. The van der Waals surface area contributed by atoms with Gasteiger partial charge in [0, 0.05) is 19.6 Å². The minimum atomic E-state index is -3.15. The molecule has 0 aliphatic carbocycles. The zero-order valence-electron chi connectivity index (χ0n) is 12.2. The molecule has 0 saturated carbocycles. The molecule has 0 fully saturated rings. The van der Waals surface area contributed by atoms with E-state index in [1.54, 1.807) is 6.92 Å². The molecule has 1 aromatic rings. The molecule has 0 saturated heterocycles. The van der Waals surface area contributed by atoms with Crippen molar-refractivity contribution in [1.82, 2.24) is 15.5 Å². The monoisotopic (exact) mass is 303 g/mol. The highest BCUT2D eigenvalue weighted by Crippen LogP contribution is 2.20. The van der Waals surface area contributed by atoms with Gasteiger partial charge in [0.1, 0.15) is 15.9 Å². The lowest BCUT2D eigenvalue weighted by Gasteiger charge is -2.17. The number of amides is 1. The van der Waals surface area contributed by atoms with E-state index >= 15 is 0 Å². The van der Waals surface area contributed by atoms with E-state index in [9.17, 15) is 13.2 Å². The number of carbonyl (C=O) groups excluding carboxylic acids is 1. The Kier molecular flexibility index (Phi) is 5.67. The number of sulfone groups is 1. The molecule has 0 spiro atoms. The number of aromatic nitrogens is 2. The fourth-order valence-electron chi connectivity index (χ4n) is 1.69. The average molecular weight is 303 g/mol. The summed E-state index contributed by atoms with van der Waals surface area (Å²) in [6.45, 7) is 5.70. The molecule has 8 heteroatoms. The van der Waals surface area contributed by atoms with Gasteiger partial charge < -0.3 is 9.73 Å². The van der Waals surface area contributed by atoms with Crippen LogP contribution in [-0.2, 0) is 14.6 Å². The molecule has 0 radical (unpaired) electrons. The number of hydrogen-bond acceptors (Lipinski definition) is 6. The Bertz CT molecular complexity index is 551. The lowest BCUT2D eigenvalue weighted by Crippen LogP contribution is -2.31. The van der Waals surface area contributed by atoms with Crippen LogP contribution in [0.15, 0.2) is 4.42 Å². The van der Waals surface area contributed by atoms with Gasteiger partial charge in [-0.1, -0.05) is 13.8 Å². The van der Waals surface area contributed by atoms with Crippen LogP contribution >= 0.6 is 0 Å². The van der Waals surface area contributed by atoms with Crippen LogP contribution in [-0.4, -0.2) is 36.5 Å². The summed E-state index contributed by atoms with van der Waals surface area (Å²) in [6, 6.07) is -0.386. The zero-order chi connectivity index (χ0) is 15.3. The molecule has 0 bridgehead atoms. The van der Waals surface area contributed by atoms with Crippen LogP contribution in [0.4, 0.5) is 0 Å². The van der Waals surface area contributed by atoms with Crippen molar-refractivity contribution in [3.8, 4) is 0 Å². The van der Waals surface area contributed by atoms with Crippen molar-refractivity contribution in [3.63, 3.8) is 0 Å². The Morgan fingerprint density at radius 2 is 2.00 bits per heavy atom. The van der Waals surface area contributed by atoms with Gasteiger partial charge in [-0.25, -0.2) is 8.42 Å². The fraction of sp³-hybridized carbons (Fsp3) is 0.750. The number of carbonyl (C=O) groups is 1. The molecule has 1 atom stereocenters. The predicted molar refractivity (Wildman–Crippen MR) is 73.7 cm³/mol. The van der Waals surface area contributed by atoms with Gasteiger partial charge in [0.2, 0.25) is 17.7 Å². The van der Waals surface area contributed by atoms with Crippen molar-refractivity contribution >= 4 is 15.7 Å². The van der Waals surface area contributed by atoms with Gasteiger partial charge in [0.25, 0.3) is 0 Å². The minimum Gasteiger partial charge on any atom is -0.423 e. The Balaban J connectivity index is 2.68. The number of nitrogens with one attached hydrogen (secondary N) is 1. The molecule has 1 N–H and O–H groups in total. The third-order valence-corrected chi connectivity index (χ3v) is 3.53. The van der Waals surface area contributed by atoms with Crippen molar-refractivity contribution in [1.29, 1.82) is 0 Å². The summed E-state index contributed by atoms with van der Waals surface area (Å²) in [5, 5.41) is 10.4. The molecule has 1 rings (SSSR count). The van der Waals surface area contributed by atoms with Crippen LogP contribution < -0.4 is 5.32 Å². The number of rotatable bonds is 7. The number of aryl methyl sites for hydroxylation is 1. The smallest absolute Gasteiger partial charge is 0.238 e. The Morgan fingerprint density at radius 1 is 1.35 bits per heavy atom. The third kappa shape index (κ3) is 6.14. The zero-order valence-corrected chi connectivity index (χ0v) is 13.0. The van der Waals surface area contributed by atoms with Crippen molar-refractivity contribution < 1.29 is 17.6 Å². The number of hydrogen-bond donors (Lipinski definition) is 1. The molecular weight excluding hydrogens is 282 g/mol. The maximum Gasteiger partial charge on any atom is 0.238 e. The molecule has 0 aliphatic rings. The van der Waals surface area contributed by atoms with Crippen LogP contribution in [0, 0.1) is 12.8 Å². The van der Waals surface area contributed by atoms with Crippen molar-refractivity contribution in [2.24, 2.45) is 5.92 Å². The third-order valence-electron chi connectivity index (χ3n) is 2.58. The second-order valence-corrected chi connectivity index (χ2v) is 7.55. The first-order valence-corrected chi connectivity index (χ1v) is 8.50. The number of nitrogens with zero attached hydrogens (tertiary/aromatic N) is 2. The molecule has 1 amide bonds. The summed E-state index contributed by atoms with van der Waals surface area (Å²) in [5.41, 5.74) is 0. The second kappa shape index (κ2) is 6.83. The van der Waals surface area contributed by atoms with Crippen molar-refractivity contribution in [3.05, 3.63) is 11.8 Å². The first-order valence-electron chi connectivity index (χ1n) is 6.44. The van der Waals surface area contributed by atoms with E-state index in [1.807, 2.05) is 13.8 Å². The maximum atomic E-state index is 11.8. The van der Waals surface area contributed by atoms with Gasteiger partial charge in [-0.15, -0.1) is 10.2 Å². The molecule has 114 valence electrons. The molecule has 1 heterocycles. The summed E-state index contributed by atoms with van der Waals surface area (Å²) in [7, 11) is -3.15. The van der Waals surface area contributed by atoms with E-state index in [-0.39, 0.29) is 24.1 Å². The van der Waals surface area contributed by atoms with Crippen LogP contribution in [0.1, 0.15) is 44.5 Å². The summed E-state index contributed by atoms with van der Waals surface area (Å²) in [5.74, 6) is 0.596. The lowest BCUT2D eigenvalue weighted by atomic mass is 10.0. The predicted octanol–water partition coefficient (Wildman–Crippen LogP) is 1.02. The summed E-state index contributed by atoms with van der Waals surface area (Å²) >= 11 is 0. The Hall–Kier alpha value is -1.44. The van der Waals surface area contributed by atoms with Crippen molar-refractivity contribution in [2.75, 3.05) is 12.0 Å². The molecule has 1 aromatic heterocycles. The first kappa shape index (κ1) is 16.6. The highest BCUT2D eigenvalue weighted by molar-refractivity contribution is 7.90. The highest BCUT2D eigenvalue weighted by atomic mass is 32.2. The molecule has 7 nitrogen and oxygen atoms in total. The first-order chi connectivity index (χ1) is 9.17. The topological polar surface area (TPSA) is 102 Å². The van der Waals surface area contributed by atoms with Gasteiger partial charge >= 0.3 is 0 Å². The van der Waals surface area contributed by atoms with Gasteiger partial charge in [0.15, 0.2) is 0 Å².